The van der Waals surface area contributed by atoms with Crippen LogP contribution in [0.1, 0.15) is 54.0 Å². The maximum Gasteiger partial charge on any atom is 0.274 e. The Labute approximate surface area is 186 Å². The molecule has 0 saturated carbocycles. The molecule has 0 spiro atoms. The molecule has 0 aliphatic rings. The topological polar surface area (TPSA) is 76.9 Å². The van der Waals surface area contributed by atoms with E-state index in [1.54, 1.807) is 18.3 Å². The fourth-order valence-electron chi connectivity index (χ4n) is 3.79. The number of fused-ring (bicyclic) bond motifs is 1. The smallest absolute Gasteiger partial charge is 0.274 e. The van der Waals surface area contributed by atoms with Crippen LogP contribution in [0, 0.1) is 0 Å². The number of nitrogens with zero attached hydrogens (tertiary/aromatic N) is 3. The molecule has 2 aromatic carbocycles. The minimum absolute atomic E-state index is 0.169. The summed E-state index contributed by atoms with van der Waals surface area (Å²) >= 11 is 0. The molecule has 32 heavy (non-hydrogen) atoms. The molecule has 0 bridgehead atoms. The summed E-state index contributed by atoms with van der Waals surface area (Å²) in [6, 6.07) is 22.0. The molecule has 6 heteroatoms. The molecule has 6 nitrogen and oxygen atoms in total. The highest BCUT2D eigenvalue weighted by Gasteiger charge is 2.22. The van der Waals surface area contributed by atoms with Crippen LogP contribution in [0.4, 0.5) is 0 Å². The van der Waals surface area contributed by atoms with Crippen LogP contribution in [0.3, 0.4) is 0 Å². The van der Waals surface area contributed by atoms with Crippen molar-refractivity contribution < 1.29 is 4.79 Å². The van der Waals surface area contributed by atoms with Crippen molar-refractivity contribution in [3.8, 4) is 0 Å². The molecular formula is C26H26N4O2. The molecule has 0 aliphatic carbocycles. The largest absolute Gasteiger partial charge is 0.338 e. The Kier molecular flexibility index (Phi) is 6.70. The Morgan fingerprint density at radius 2 is 1.66 bits per heavy atom. The summed E-state index contributed by atoms with van der Waals surface area (Å²) in [6.07, 6.45) is 4.58. The van der Waals surface area contributed by atoms with Gasteiger partial charge in [0.25, 0.3) is 11.5 Å². The summed E-state index contributed by atoms with van der Waals surface area (Å²) in [7, 11) is 0. The van der Waals surface area contributed by atoms with Gasteiger partial charge in [0.05, 0.1) is 17.1 Å². The number of aromatic nitrogens is 3. The number of pyridine rings is 1. The molecule has 2 aromatic heterocycles. The summed E-state index contributed by atoms with van der Waals surface area (Å²) in [5, 5.41) is 8.63. The van der Waals surface area contributed by atoms with Gasteiger partial charge in [-0.3, -0.25) is 14.6 Å². The van der Waals surface area contributed by atoms with E-state index in [2.05, 4.69) is 22.3 Å². The average Bonchev–Trinajstić information content (AvgIpc) is 2.85. The molecular weight excluding hydrogens is 400 g/mol. The summed E-state index contributed by atoms with van der Waals surface area (Å²) < 4.78 is 1.42. The number of nitrogens with one attached hydrogen (secondary N) is 1. The first-order valence-electron chi connectivity index (χ1n) is 11.0. The fraction of sp³-hybridized carbons (Fsp3) is 0.231. The highest BCUT2D eigenvalue weighted by atomic mass is 16.2. The van der Waals surface area contributed by atoms with Crippen molar-refractivity contribution in [3.05, 3.63) is 106 Å². The van der Waals surface area contributed by atoms with Crippen LogP contribution in [0.15, 0.2) is 83.8 Å². The molecule has 4 rings (SSSR count). The number of rotatable bonds is 8. The van der Waals surface area contributed by atoms with Crippen LogP contribution >= 0.6 is 0 Å². The van der Waals surface area contributed by atoms with Crippen molar-refractivity contribution in [2.75, 3.05) is 0 Å². The van der Waals surface area contributed by atoms with Crippen LogP contribution in [0.2, 0.25) is 0 Å². The molecule has 1 N–H and O–H groups in total. The quantitative estimate of drug-likeness (QED) is 0.421. The second kappa shape index (κ2) is 10.0. The third-order valence-corrected chi connectivity index (χ3v) is 5.45. The standard InChI is InChI=1S/C26H26N4O2/c1-2-3-11-18-30-26(32)21-15-8-7-14-20(21)24(29-30)25(31)28-23(19-12-5-4-6-13-19)22-16-9-10-17-27-22/h4-10,12-17,23H,2-3,11,18H2,1H3,(H,28,31). The molecule has 1 unspecified atom stereocenters. The van der Waals surface area contributed by atoms with E-state index < -0.39 is 6.04 Å². The monoisotopic (exact) mass is 426 g/mol. The van der Waals surface area contributed by atoms with Crippen molar-refractivity contribution >= 4 is 16.7 Å². The number of amides is 1. The number of hydrogen-bond acceptors (Lipinski definition) is 4. The van der Waals surface area contributed by atoms with Crippen molar-refractivity contribution in [2.45, 2.75) is 38.8 Å². The Hall–Kier alpha value is -3.80. The predicted octanol–water partition coefficient (Wildman–Crippen LogP) is 4.50. The summed E-state index contributed by atoms with van der Waals surface area (Å²) in [5.74, 6) is -0.343. The lowest BCUT2D eigenvalue weighted by Gasteiger charge is -2.19. The van der Waals surface area contributed by atoms with E-state index in [0.29, 0.717) is 17.3 Å². The SMILES string of the molecule is CCCCCn1nc(C(=O)NC(c2ccccc2)c2ccccn2)c2ccccc2c1=O. The molecule has 162 valence electrons. The number of hydrogen-bond donors (Lipinski definition) is 1. The van der Waals surface area contributed by atoms with Gasteiger partial charge < -0.3 is 5.32 Å². The Balaban J connectivity index is 1.75. The zero-order valence-electron chi connectivity index (χ0n) is 18.1. The normalized spacial score (nSPS) is 11.9. The molecule has 1 atom stereocenters. The average molecular weight is 427 g/mol. The van der Waals surface area contributed by atoms with Crippen LogP contribution in [-0.2, 0) is 6.54 Å². The van der Waals surface area contributed by atoms with Gasteiger partial charge in [-0.2, -0.15) is 5.10 Å². The summed E-state index contributed by atoms with van der Waals surface area (Å²) in [5.41, 5.74) is 1.72. The third kappa shape index (κ3) is 4.59. The van der Waals surface area contributed by atoms with E-state index in [1.807, 2.05) is 60.7 Å². The molecule has 0 fully saturated rings. The van der Waals surface area contributed by atoms with Gasteiger partial charge in [-0.1, -0.05) is 74.4 Å². The first-order valence-corrected chi connectivity index (χ1v) is 11.0. The van der Waals surface area contributed by atoms with Crippen molar-refractivity contribution in [3.63, 3.8) is 0 Å². The fourth-order valence-corrected chi connectivity index (χ4v) is 3.79. The molecule has 4 aromatic rings. The predicted molar refractivity (Wildman–Crippen MR) is 126 cm³/mol. The van der Waals surface area contributed by atoms with Gasteiger partial charge in [-0.05, 0) is 30.2 Å². The van der Waals surface area contributed by atoms with Gasteiger partial charge in [0.2, 0.25) is 0 Å². The lowest BCUT2D eigenvalue weighted by molar-refractivity contribution is 0.0936. The van der Waals surface area contributed by atoms with Gasteiger partial charge in [0.15, 0.2) is 5.69 Å². The van der Waals surface area contributed by atoms with E-state index in [0.717, 1.165) is 30.5 Å². The van der Waals surface area contributed by atoms with Gasteiger partial charge in [-0.15, -0.1) is 0 Å². The molecule has 2 heterocycles. The van der Waals surface area contributed by atoms with Gasteiger partial charge in [0, 0.05) is 18.1 Å². The Bertz CT molecular complexity index is 1210. The molecule has 1 amide bonds. The number of unbranched alkanes of at least 4 members (excludes halogenated alkanes) is 2. The first-order chi connectivity index (χ1) is 15.7. The first kappa shape index (κ1) is 21.4. The van der Waals surface area contributed by atoms with Gasteiger partial charge in [-0.25, -0.2) is 4.68 Å². The van der Waals surface area contributed by atoms with E-state index in [4.69, 9.17) is 0 Å². The van der Waals surface area contributed by atoms with Crippen LogP contribution in [0.5, 0.6) is 0 Å². The third-order valence-electron chi connectivity index (χ3n) is 5.45. The van der Waals surface area contributed by atoms with E-state index in [-0.39, 0.29) is 17.2 Å². The van der Waals surface area contributed by atoms with Gasteiger partial charge >= 0.3 is 0 Å². The zero-order chi connectivity index (χ0) is 22.3. The van der Waals surface area contributed by atoms with Gasteiger partial charge in [0.1, 0.15) is 0 Å². The lowest BCUT2D eigenvalue weighted by atomic mass is 10.0. The van der Waals surface area contributed by atoms with Crippen molar-refractivity contribution in [2.24, 2.45) is 0 Å². The highest BCUT2D eigenvalue weighted by molar-refractivity contribution is 6.05. The van der Waals surface area contributed by atoms with Crippen LogP contribution in [0.25, 0.3) is 10.8 Å². The van der Waals surface area contributed by atoms with E-state index in [1.165, 1.54) is 4.68 Å². The maximum atomic E-state index is 13.5. The minimum atomic E-state index is -0.439. The summed E-state index contributed by atoms with van der Waals surface area (Å²) in [6.45, 7) is 2.59. The lowest BCUT2D eigenvalue weighted by Crippen LogP contribution is -2.33. The zero-order valence-corrected chi connectivity index (χ0v) is 18.1. The number of carbonyl (C=O) groups is 1. The number of carbonyl (C=O) groups excluding carboxylic acids is 1. The Morgan fingerprint density at radius 3 is 2.38 bits per heavy atom. The van der Waals surface area contributed by atoms with E-state index in [9.17, 15) is 9.59 Å². The van der Waals surface area contributed by atoms with Crippen molar-refractivity contribution in [1.82, 2.24) is 20.1 Å². The second-order valence-corrected chi connectivity index (χ2v) is 7.70. The minimum Gasteiger partial charge on any atom is -0.338 e. The molecule has 0 radical (unpaired) electrons. The van der Waals surface area contributed by atoms with E-state index >= 15 is 0 Å². The highest BCUT2D eigenvalue weighted by Crippen LogP contribution is 2.22. The van der Waals surface area contributed by atoms with Crippen LogP contribution in [-0.4, -0.2) is 20.7 Å². The summed E-state index contributed by atoms with van der Waals surface area (Å²) in [4.78, 5) is 30.9. The maximum absolute atomic E-state index is 13.5. The van der Waals surface area contributed by atoms with Crippen molar-refractivity contribution in [1.29, 1.82) is 0 Å². The van der Waals surface area contributed by atoms with Crippen LogP contribution < -0.4 is 10.9 Å². The molecule has 0 saturated heterocycles. The number of aryl methyl sites for hydroxylation is 1. The number of benzene rings is 2. The second-order valence-electron chi connectivity index (χ2n) is 7.70. The Morgan fingerprint density at radius 1 is 0.938 bits per heavy atom. The molecule has 0 aliphatic heterocycles.